The van der Waals surface area contributed by atoms with Gasteiger partial charge >= 0.3 is 0 Å². The molecule has 0 aliphatic carbocycles. The number of ether oxygens (including phenoxy) is 1. The number of nitrogens with zero attached hydrogens (tertiary/aromatic N) is 5. The lowest BCUT2D eigenvalue weighted by molar-refractivity contribution is 0.475. The molecule has 0 aliphatic heterocycles. The van der Waals surface area contributed by atoms with Crippen LogP contribution in [0.3, 0.4) is 0 Å². The summed E-state index contributed by atoms with van der Waals surface area (Å²) in [6.07, 6.45) is 6.90. The molecule has 0 spiro atoms. The number of aromatic nitrogens is 6. The first-order valence-electron chi connectivity index (χ1n) is 8.82. The Hall–Kier alpha value is -3.59. The lowest BCUT2D eigenvalue weighted by Gasteiger charge is -2.10. The van der Waals surface area contributed by atoms with Crippen LogP contribution >= 0.6 is 12.2 Å². The number of rotatable bonds is 4. The second-order valence-electron chi connectivity index (χ2n) is 6.53. The molecule has 0 saturated heterocycles. The van der Waals surface area contributed by atoms with Crippen molar-refractivity contribution in [2.75, 3.05) is 0 Å². The Morgan fingerprint density at radius 1 is 1.17 bits per heavy atom. The summed E-state index contributed by atoms with van der Waals surface area (Å²) >= 11 is 5.07. The van der Waals surface area contributed by atoms with Crippen LogP contribution in [0, 0.1) is 11.7 Å². The minimum atomic E-state index is -0.204. The molecule has 0 atom stereocenters. The van der Waals surface area contributed by atoms with Gasteiger partial charge in [-0.15, -0.1) is 0 Å². The molecule has 0 aliphatic rings. The van der Waals surface area contributed by atoms with Gasteiger partial charge in [-0.3, -0.25) is 19.0 Å². The van der Waals surface area contributed by atoms with Crippen molar-refractivity contribution in [2.24, 2.45) is 14.1 Å². The van der Waals surface area contributed by atoms with Gasteiger partial charge in [0.2, 0.25) is 0 Å². The third-order valence-electron chi connectivity index (χ3n) is 4.45. The zero-order chi connectivity index (χ0) is 20.5. The molecule has 8 nitrogen and oxygen atoms in total. The fraction of sp³-hybridized carbons (Fsp3) is 0.150. The standard InChI is InChI=1S/C20H18N6O2S/c1-12-18(5-4-16(24-12)15-10-22-20(29)26(3)19(15)27)28-14-6-7-21-17(8-14)13-9-23-25(2)11-13/h4-11H,1-3H3,(H,22,29). The summed E-state index contributed by atoms with van der Waals surface area (Å²) in [4.78, 5) is 24.2. The molecule has 0 saturated carbocycles. The summed E-state index contributed by atoms with van der Waals surface area (Å²) in [5, 5.41) is 4.17. The molecule has 0 amide bonds. The van der Waals surface area contributed by atoms with Crippen molar-refractivity contribution in [3.05, 3.63) is 69.9 Å². The number of aryl methyl sites for hydroxylation is 2. The highest BCUT2D eigenvalue weighted by Gasteiger charge is 2.11. The van der Waals surface area contributed by atoms with Crippen LogP contribution in [0.4, 0.5) is 0 Å². The molecule has 146 valence electrons. The van der Waals surface area contributed by atoms with E-state index in [1.807, 2.05) is 26.2 Å². The fourth-order valence-electron chi connectivity index (χ4n) is 2.87. The van der Waals surface area contributed by atoms with Crippen molar-refractivity contribution in [3.8, 4) is 34.0 Å². The number of pyridine rings is 2. The highest BCUT2D eigenvalue weighted by atomic mass is 32.1. The maximum absolute atomic E-state index is 12.4. The first-order valence-corrected chi connectivity index (χ1v) is 9.23. The van der Waals surface area contributed by atoms with Gasteiger partial charge in [-0.05, 0) is 37.3 Å². The predicted molar refractivity (Wildman–Crippen MR) is 111 cm³/mol. The highest BCUT2D eigenvalue weighted by molar-refractivity contribution is 7.71. The molecule has 9 heteroatoms. The first-order chi connectivity index (χ1) is 13.9. The van der Waals surface area contributed by atoms with Gasteiger partial charge in [0.1, 0.15) is 11.5 Å². The molecule has 4 aromatic rings. The quantitative estimate of drug-likeness (QED) is 0.523. The van der Waals surface area contributed by atoms with Crippen molar-refractivity contribution < 1.29 is 4.74 Å². The number of hydrogen-bond acceptors (Lipinski definition) is 6. The minimum Gasteiger partial charge on any atom is -0.455 e. The van der Waals surface area contributed by atoms with E-state index in [4.69, 9.17) is 17.0 Å². The average molecular weight is 406 g/mol. The molecule has 0 aromatic carbocycles. The molecule has 0 bridgehead atoms. The molecule has 0 unspecified atom stereocenters. The molecule has 4 aromatic heterocycles. The van der Waals surface area contributed by atoms with Crippen LogP contribution in [0.2, 0.25) is 0 Å². The molecule has 1 N–H and O–H groups in total. The highest BCUT2D eigenvalue weighted by Crippen LogP contribution is 2.28. The van der Waals surface area contributed by atoms with Crippen molar-refractivity contribution >= 4 is 12.2 Å². The van der Waals surface area contributed by atoms with Gasteiger partial charge < -0.3 is 9.72 Å². The smallest absolute Gasteiger partial charge is 0.263 e. The van der Waals surface area contributed by atoms with Crippen LogP contribution in [0.15, 0.2) is 53.8 Å². The van der Waals surface area contributed by atoms with Crippen LogP contribution in [-0.2, 0) is 14.1 Å². The zero-order valence-corrected chi connectivity index (χ0v) is 16.9. The Bertz CT molecular complexity index is 1320. The Kier molecular flexibility index (Phi) is 4.81. The SMILES string of the molecule is Cc1nc(-c2c[nH]c(=S)n(C)c2=O)ccc1Oc1ccnc(-c2cnn(C)c2)c1. The van der Waals surface area contributed by atoms with Crippen LogP contribution in [-0.4, -0.2) is 29.3 Å². The van der Waals surface area contributed by atoms with Crippen LogP contribution in [0.5, 0.6) is 11.5 Å². The largest absolute Gasteiger partial charge is 0.455 e. The van der Waals surface area contributed by atoms with Crippen LogP contribution < -0.4 is 10.3 Å². The molecule has 4 heterocycles. The van der Waals surface area contributed by atoms with E-state index in [0.717, 1.165) is 11.3 Å². The van der Waals surface area contributed by atoms with E-state index in [1.165, 1.54) is 4.57 Å². The monoisotopic (exact) mass is 406 g/mol. The second kappa shape index (κ2) is 7.44. The topological polar surface area (TPSA) is 90.6 Å². The van der Waals surface area contributed by atoms with Gasteiger partial charge in [0, 0.05) is 44.3 Å². The Balaban J connectivity index is 1.64. The summed E-state index contributed by atoms with van der Waals surface area (Å²) in [7, 11) is 3.48. The van der Waals surface area contributed by atoms with Gasteiger partial charge in [-0.2, -0.15) is 5.10 Å². The summed E-state index contributed by atoms with van der Waals surface area (Å²) in [6, 6.07) is 7.17. The fourth-order valence-corrected chi connectivity index (χ4v) is 3.01. The van der Waals surface area contributed by atoms with Crippen molar-refractivity contribution in [1.82, 2.24) is 29.3 Å². The van der Waals surface area contributed by atoms with Gasteiger partial charge in [-0.25, -0.2) is 4.98 Å². The Morgan fingerprint density at radius 3 is 2.72 bits per heavy atom. The molecule has 0 radical (unpaired) electrons. The average Bonchev–Trinajstić information content (AvgIpc) is 3.15. The maximum Gasteiger partial charge on any atom is 0.263 e. The molecular weight excluding hydrogens is 388 g/mol. The third kappa shape index (κ3) is 3.72. The van der Waals surface area contributed by atoms with Crippen molar-refractivity contribution in [1.29, 1.82) is 0 Å². The predicted octanol–water partition coefficient (Wildman–Crippen LogP) is 3.40. The van der Waals surface area contributed by atoms with E-state index in [9.17, 15) is 4.79 Å². The van der Waals surface area contributed by atoms with Crippen molar-refractivity contribution in [2.45, 2.75) is 6.92 Å². The van der Waals surface area contributed by atoms with E-state index in [1.54, 1.807) is 48.5 Å². The Labute approximate surface area is 171 Å². The summed E-state index contributed by atoms with van der Waals surface area (Å²) in [5.41, 5.74) is 3.11. The van der Waals surface area contributed by atoms with Gasteiger partial charge in [0.15, 0.2) is 4.77 Å². The number of H-pyrrole nitrogens is 1. The van der Waals surface area contributed by atoms with E-state index in [-0.39, 0.29) is 5.56 Å². The van der Waals surface area contributed by atoms with E-state index in [0.29, 0.717) is 33.2 Å². The van der Waals surface area contributed by atoms with Crippen LogP contribution in [0.25, 0.3) is 22.5 Å². The zero-order valence-electron chi connectivity index (χ0n) is 16.1. The lowest BCUT2D eigenvalue weighted by atomic mass is 10.2. The number of nitrogens with one attached hydrogen (secondary N) is 1. The summed E-state index contributed by atoms with van der Waals surface area (Å²) in [5.74, 6) is 1.23. The maximum atomic E-state index is 12.4. The lowest BCUT2D eigenvalue weighted by Crippen LogP contribution is -2.20. The molecular formula is C20H18N6O2S. The van der Waals surface area contributed by atoms with Gasteiger partial charge in [0.25, 0.3) is 5.56 Å². The second-order valence-corrected chi connectivity index (χ2v) is 6.92. The third-order valence-corrected chi connectivity index (χ3v) is 4.84. The Morgan fingerprint density at radius 2 is 2.00 bits per heavy atom. The minimum absolute atomic E-state index is 0.204. The normalized spacial score (nSPS) is 10.9. The number of aromatic amines is 1. The van der Waals surface area contributed by atoms with Gasteiger partial charge in [0.05, 0.1) is 28.8 Å². The van der Waals surface area contributed by atoms with E-state index >= 15 is 0 Å². The van der Waals surface area contributed by atoms with Crippen LogP contribution in [0.1, 0.15) is 5.69 Å². The van der Waals surface area contributed by atoms with E-state index in [2.05, 4.69) is 20.1 Å². The molecule has 0 fully saturated rings. The first kappa shape index (κ1) is 18.8. The molecule has 29 heavy (non-hydrogen) atoms. The van der Waals surface area contributed by atoms with Gasteiger partial charge in [-0.1, -0.05) is 0 Å². The number of hydrogen-bond donors (Lipinski definition) is 1. The summed E-state index contributed by atoms with van der Waals surface area (Å²) < 4.78 is 9.46. The van der Waals surface area contributed by atoms with E-state index < -0.39 is 0 Å². The molecule has 4 rings (SSSR count). The summed E-state index contributed by atoms with van der Waals surface area (Å²) in [6.45, 7) is 1.83. The van der Waals surface area contributed by atoms with Crippen molar-refractivity contribution in [3.63, 3.8) is 0 Å².